The molecule has 0 saturated carbocycles. The number of hydrogen-bond acceptors (Lipinski definition) is 12. The number of nitrogens with zero attached hydrogens (tertiary/aromatic N) is 3. The highest BCUT2D eigenvalue weighted by atomic mass is 16.5. The van der Waals surface area contributed by atoms with Crippen molar-refractivity contribution in [2.24, 2.45) is 0 Å². The number of aliphatic hydroxyl groups excluding tert-OH is 3. The van der Waals surface area contributed by atoms with E-state index >= 15 is 0 Å². The number of aliphatic hydroxyl groups is 3. The van der Waals surface area contributed by atoms with E-state index in [1.165, 1.54) is 0 Å². The minimum atomic E-state index is -1.50. The molecule has 0 aliphatic rings. The monoisotopic (exact) mass is 477 g/mol. The van der Waals surface area contributed by atoms with Gasteiger partial charge in [-0.15, -0.1) is 0 Å². The molecule has 0 bridgehead atoms. The number of rotatable bonds is 12. The predicted octanol–water partition coefficient (Wildman–Crippen LogP) is -4.06. The minimum absolute atomic E-state index is 0.451. The maximum Gasteiger partial charge on any atom is 0.336 e. The van der Waals surface area contributed by atoms with Crippen LogP contribution in [-0.4, -0.2) is 85.1 Å². The Morgan fingerprint density at radius 1 is 0.606 bits per heavy atom. The Hall–Kier alpha value is -3.30. The van der Waals surface area contributed by atoms with Gasteiger partial charge in [0.1, 0.15) is 38.1 Å². The minimum Gasteiger partial charge on any atom is -0.463 e. The van der Waals surface area contributed by atoms with Crippen LogP contribution in [0.2, 0.25) is 0 Å². The molecule has 0 unspecified atom stereocenters. The fourth-order valence-electron chi connectivity index (χ4n) is 2.58. The molecule has 0 amide bonds. The number of ether oxygens (including phenoxy) is 3. The first-order chi connectivity index (χ1) is 15.3. The third kappa shape index (κ3) is 8.99. The summed E-state index contributed by atoms with van der Waals surface area (Å²) in [7, 11) is 0. The van der Waals surface area contributed by atoms with Crippen LogP contribution in [0, 0.1) is 0 Å². The average molecular weight is 477 g/mol. The van der Waals surface area contributed by atoms with Gasteiger partial charge in [-0.05, 0) is 0 Å². The molecule has 186 valence electrons. The van der Waals surface area contributed by atoms with Crippen molar-refractivity contribution in [3.05, 3.63) is 31.5 Å². The molecule has 33 heavy (non-hydrogen) atoms. The molecule has 0 aromatic carbocycles. The van der Waals surface area contributed by atoms with E-state index in [2.05, 4.69) is 14.2 Å². The molecule has 15 heteroatoms. The van der Waals surface area contributed by atoms with Crippen molar-refractivity contribution in [3.8, 4) is 0 Å². The normalized spacial score (nSPS) is 13.6. The SMILES string of the molecule is CC(=O)OC[C@@H](O)Cn1c(=O)n(C[C@@H](O)COC(C)=O)c(=O)n(C[C@@H](O)COC(C)=O)c1=O. The molecule has 3 N–H and O–H groups in total. The third-order valence-electron chi connectivity index (χ3n) is 4.00. The molecule has 15 nitrogen and oxygen atoms in total. The van der Waals surface area contributed by atoms with Crippen molar-refractivity contribution < 1.29 is 43.9 Å². The van der Waals surface area contributed by atoms with E-state index < -0.39 is 92.7 Å². The summed E-state index contributed by atoms with van der Waals surface area (Å²) in [5.41, 5.74) is -3.63. The Balaban J connectivity index is 3.38. The van der Waals surface area contributed by atoms with Crippen LogP contribution >= 0.6 is 0 Å². The van der Waals surface area contributed by atoms with Crippen LogP contribution < -0.4 is 17.1 Å². The first kappa shape index (κ1) is 27.7. The fourth-order valence-corrected chi connectivity index (χ4v) is 2.58. The lowest BCUT2D eigenvalue weighted by Crippen LogP contribution is -2.57. The van der Waals surface area contributed by atoms with Gasteiger partial charge in [0.2, 0.25) is 0 Å². The van der Waals surface area contributed by atoms with E-state index in [0.29, 0.717) is 13.7 Å². The molecule has 0 spiro atoms. The Labute approximate surface area is 186 Å². The second-order valence-electron chi connectivity index (χ2n) is 7.05. The Bertz CT molecular complexity index is 865. The van der Waals surface area contributed by atoms with Crippen LogP contribution in [-0.2, 0) is 48.2 Å². The predicted molar refractivity (Wildman–Crippen MR) is 107 cm³/mol. The highest BCUT2D eigenvalue weighted by Crippen LogP contribution is 1.94. The molecule has 0 aliphatic carbocycles. The number of carbonyl (C=O) groups excluding carboxylic acids is 3. The molecule has 0 fully saturated rings. The zero-order chi connectivity index (χ0) is 25.3. The highest BCUT2D eigenvalue weighted by Gasteiger charge is 2.22. The van der Waals surface area contributed by atoms with Crippen molar-refractivity contribution in [2.45, 2.75) is 58.7 Å². The van der Waals surface area contributed by atoms with Crippen molar-refractivity contribution in [1.29, 1.82) is 0 Å². The number of hydrogen-bond donors (Lipinski definition) is 3. The fraction of sp³-hybridized carbons (Fsp3) is 0.667. The molecule has 1 heterocycles. The number of carbonyl (C=O) groups is 3. The second kappa shape index (κ2) is 12.7. The summed E-state index contributed by atoms with van der Waals surface area (Å²) in [4.78, 5) is 71.0. The van der Waals surface area contributed by atoms with E-state index in [0.717, 1.165) is 20.8 Å². The maximum atomic E-state index is 12.8. The van der Waals surface area contributed by atoms with E-state index in [9.17, 15) is 44.1 Å². The largest absolute Gasteiger partial charge is 0.463 e. The van der Waals surface area contributed by atoms with Crippen molar-refractivity contribution >= 4 is 17.9 Å². The highest BCUT2D eigenvalue weighted by molar-refractivity contribution is 5.66. The Morgan fingerprint density at radius 3 is 1.00 bits per heavy atom. The van der Waals surface area contributed by atoms with E-state index in [1.807, 2.05) is 0 Å². The number of esters is 3. The Kier molecular flexibility index (Phi) is 10.6. The molecule has 1 aromatic heterocycles. The Morgan fingerprint density at radius 2 is 0.818 bits per heavy atom. The van der Waals surface area contributed by atoms with Gasteiger partial charge in [-0.3, -0.25) is 14.4 Å². The van der Waals surface area contributed by atoms with E-state index in [4.69, 9.17) is 0 Å². The van der Waals surface area contributed by atoms with Crippen LogP contribution in [0.25, 0.3) is 0 Å². The van der Waals surface area contributed by atoms with Gasteiger partial charge in [-0.25, -0.2) is 28.1 Å². The summed E-state index contributed by atoms with van der Waals surface area (Å²) in [6.07, 6.45) is -4.51. The van der Waals surface area contributed by atoms with Crippen LogP contribution in [0.4, 0.5) is 0 Å². The molecular formula is C18H27N3O12. The lowest BCUT2D eigenvalue weighted by molar-refractivity contribution is -0.144. The summed E-state index contributed by atoms with van der Waals surface area (Å²) < 4.78 is 15.2. The van der Waals surface area contributed by atoms with Gasteiger partial charge in [-0.1, -0.05) is 0 Å². The lowest BCUT2D eigenvalue weighted by atomic mass is 10.3. The lowest BCUT2D eigenvalue weighted by Gasteiger charge is -2.19. The molecule has 3 atom stereocenters. The van der Waals surface area contributed by atoms with Gasteiger partial charge in [0.05, 0.1) is 19.6 Å². The van der Waals surface area contributed by atoms with Crippen LogP contribution in [0.5, 0.6) is 0 Å². The van der Waals surface area contributed by atoms with Crippen LogP contribution in [0.1, 0.15) is 20.8 Å². The summed E-state index contributed by atoms with van der Waals surface area (Å²) >= 11 is 0. The quantitative estimate of drug-likeness (QED) is 0.194. The average Bonchev–Trinajstić information content (AvgIpc) is 2.72. The summed E-state index contributed by atoms with van der Waals surface area (Å²) in [6, 6.07) is 0. The van der Waals surface area contributed by atoms with Crippen LogP contribution in [0.3, 0.4) is 0 Å². The van der Waals surface area contributed by atoms with Crippen molar-refractivity contribution in [3.63, 3.8) is 0 Å². The van der Waals surface area contributed by atoms with Gasteiger partial charge in [-0.2, -0.15) is 0 Å². The van der Waals surface area contributed by atoms with Crippen molar-refractivity contribution in [1.82, 2.24) is 13.7 Å². The zero-order valence-electron chi connectivity index (χ0n) is 18.3. The van der Waals surface area contributed by atoms with Crippen molar-refractivity contribution in [2.75, 3.05) is 19.8 Å². The van der Waals surface area contributed by atoms with Crippen LogP contribution in [0.15, 0.2) is 14.4 Å². The standard InChI is InChI=1S/C18H27N3O12/c1-10(22)31-7-13(25)4-19-16(28)20(5-14(26)8-32-11(2)23)18(30)21(17(19)29)6-15(27)9-33-12(3)24/h13-15,25-27H,4-9H2,1-3H3/t13-,14-,15+/m1/s1. The molecule has 0 radical (unpaired) electrons. The van der Waals surface area contributed by atoms with Gasteiger partial charge < -0.3 is 29.5 Å². The summed E-state index contributed by atoms with van der Waals surface area (Å²) in [5.74, 6) is -2.15. The molecule has 0 saturated heterocycles. The van der Waals surface area contributed by atoms with E-state index in [1.54, 1.807) is 0 Å². The summed E-state index contributed by atoms with van der Waals surface area (Å²) in [5, 5.41) is 30.1. The first-order valence-corrected chi connectivity index (χ1v) is 9.72. The molecular weight excluding hydrogens is 450 g/mol. The molecule has 1 aromatic rings. The summed E-state index contributed by atoms with van der Waals surface area (Å²) in [6.45, 7) is -0.468. The topological polar surface area (TPSA) is 206 Å². The van der Waals surface area contributed by atoms with Gasteiger partial charge >= 0.3 is 35.0 Å². The number of aromatic nitrogens is 3. The molecule has 1 rings (SSSR count). The maximum absolute atomic E-state index is 12.8. The van der Waals surface area contributed by atoms with Gasteiger partial charge in [0.15, 0.2) is 0 Å². The van der Waals surface area contributed by atoms with Gasteiger partial charge in [0, 0.05) is 20.8 Å². The molecule has 0 aliphatic heterocycles. The third-order valence-corrected chi connectivity index (χ3v) is 4.00. The van der Waals surface area contributed by atoms with Gasteiger partial charge in [0.25, 0.3) is 0 Å². The van der Waals surface area contributed by atoms with E-state index in [-0.39, 0.29) is 0 Å². The first-order valence-electron chi connectivity index (χ1n) is 9.72. The zero-order valence-corrected chi connectivity index (χ0v) is 18.3. The second-order valence-corrected chi connectivity index (χ2v) is 7.05. The smallest absolute Gasteiger partial charge is 0.336 e.